The molecule has 200 valence electrons. The molecule has 0 radical (unpaired) electrons. The lowest BCUT2D eigenvalue weighted by Crippen LogP contribution is -2.43. The zero-order valence-corrected chi connectivity index (χ0v) is 28.0. The Morgan fingerprint density at radius 3 is 0.824 bits per heavy atom. The largest absolute Gasteiger partial charge is 0.355 e. The molecule has 3 rings (SSSR count). The van der Waals surface area contributed by atoms with E-state index in [1.165, 1.54) is 77.0 Å². The van der Waals surface area contributed by atoms with E-state index in [9.17, 15) is 0 Å². The van der Waals surface area contributed by atoms with E-state index in [-0.39, 0.29) is 0 Å². The molecule has 0 bridgehead atoms. The van der Waals surface area contributed by atoms with E-state index in [2.05, 4.69) is 60.1 Å². The Morgan fingerprint density at radius 1 is 0.412 bits per heavy atom. The summed E-state index contributed by atoms with van der Waals surface area (Å²) in [6.07, 6.45) is 16.2. The number of hydrogen-bond acceptors (Lipinski definition) is 3. The molecule has 0 aliphatic heterocycles. The van der Waals surface area contributed by atoms with Gasteiger partial charge in [0.15, 0.2) is 25.0 Å². The van der Waals surface area contributed by atoms with Crippen LogP contribution in [0.5, 0.6) is 0 Å². The van der Waals surface area contributed by atoms with Gasteiger partial charge in [-0.05, 0) is 73.7 Å². The molecule has 7 heteroatoms. The Bertz CT molecular complexity index is 535. The Hall–Kier alpha value is 0.961. The van der Waals surface area contributed by atoms with Crippen LogP contribution < -0.4 is 0 Å². The minimum absolute atomic E-state index is 0.751. The van der Waals surface area contributed by atoms with Gasteiger partial charge in [0, 0.05) is 0 Å². The third kappa shape index (κ3) is 8.23. The summed E-state index contributed by atoms with van der Waals surface area (Å²) >= 11 is 0. The number of rotatable bonds is 9. The topological polar surface area (TPSA) is 27.7 Å². The summed E-state index contributed by atoms with van der Waals surface area (Å²) in [6, 6.07) is 0. The summed E-state index contributed by atoms with van der Waals surface area (Å²) < 4.78 is 21.4. The predicted octanol–water partition coefficient (Wildman–Crippen LogP) is 10.6. The van der Waals surface area contributed by atoms with Crippen LogP contribution in [-0.2, 0) is 12.6 Å². The fraction of sp³-hybridized carbons (Fsp3) is 1.00. The van der Waals surface area contributed by atoms with Gasteiger partial charge >= 0.3 is 0 Å². The summed E-state index contributed by atoms with van der Waals surface area (Å²) in [7, 11) is -6.92. The molecule has 0 aromatic heterocycles. The van der Waals surface area contributed by atoms with Crippen molar-refractivity contribution in [2.45, 2.75) is 154 Å². The third-order valence-electron chi connectivity index (χ3n) is 9.93. The van der Waals surface area contributed by atoms with Crippen LogP contribution in [0.4, 0.5) is 0 Å². The molecule has 34 heavy (non-hydrogen) atoms. The lowest BCUT2D eigenvalue weighted by molar-refractivity contribution is 0.315. The van der Waals surface area contributed by atoms with Crippen molar-refractivity contribution in [1.29, 1.82) is 0 Å². The smallest absolute Gasteiger partial charge is 0.300 e. The zero-order valence-electron chi connectivity index (χ0n) is 24.1. The summed E-state index contributed by atoms with van der Waals surface area (Å²) in [5, 5.41) is 0. The monoisotopic (exact) mass is 544 g/mol. The molecule has 0 unspecified atom stereocenters. The van der Waals surface area contributed by atoms with Gasteiger partial charge in [-0.3, -0.25) is 0 Å². The molecule has 3 nitrogen and oxygen atoms in total. The SMILES string of the molecule is CC1CCC([Si](C)(C)OP(O[Si](C)(C)C2CCC(C)CC2)O[Si](C)(C)C2CCC(C)CC2)CC1. The van der Waals surface area contributed by atoms with E-state index >= 15 is 0 Å². The fourth-order valence-electron chi connectivity index (χ4n) is 6.72. The van der Waals surface area contributed by atoms with Crippen molar-refractivity contribution >= 4 is 33.6 Å². The van der Waals surface area contributed by atoms with Crippen LogP contribution in [0, 0.1) is 17.8 Å². The van der Waals surface area contributed by atoms with Crippen LogP contribution in [0.2, 0.25) is 55.9 Å². The summed E-state index contributed by atoms with van der Waals surface area (Å²) in [4.78, 5) is 0. The van der Waals surface area contributed by atoms with E-state index in [4.69, 9.17) is 12.6 Å². The molecule has 0 amide bonds. The van der Waals surface area contributed by atoms with Crippen LogP contribution in [0.25, 0.3) is 0 Å². The highest BCUT2D eigenvalue weighted by Crippen LogP contribution is 2.56. The molecule has 3 aliphatic carbocycles. The third-order valence-corrected chi connectivity index (χ3v) is 25.0. The summed E-state index contributed by atoms with van der Waals surface area (Å²) in [5.41, 5.74) is 2.25. The first-order valence-electron chi connectivity index (χ1n) is 14.7. The molecule has 0 aromatic carbocycles. The van der Waals surface area contributed by atoms with Crippen LogP contribution in [0.1, 0.15) is 97.8 Å². The minimum atomic E-state index is -1.89. The maximum Gasteiger partial charge on any atom is 0.300 e. The molecule has 0 spiro atoms. The predicted molar refractivity (Wildman–Crippen MR) is 157 cm³/mol. The first kappa shape index (κ1) is 29.5. The van der Waals surface area contributed by atoms with E-state index in [1.807, 2.05) is 0 Å². The quantitative estimate of drug-likeness (QED) is 0.213. The Kier molecular flexibility index (Phi) is 10.6. The molecule has 0 aromatic rings. The van der Waals surface area contributed by atoms with Crippen molar-refractivity contribution in [1.82, 2.24) is 0 Å². The van der Waals surface area contributed by atoms with Crippen molar-refractivity contribution in [2.75, 3.05) is 0 Å². The average molecular weight is 545 g/mol. The summed E-state index contributed by atoms with van der Waals surface area (Å²) in [5.74, 6) is 2.65. The molecule has 0 atom stereocenters. The van der Waals surface area contributed by atoms with Gasteiger partial charge in [-0.2, -0.15) is 0 Å². The van der Waals surface area contributed by atoms with Gasteiger partial charge in [-0.1, -0.05) is 97.8 Å². The average Bonchev–Trinajstić information content (AvgIpc) is 2.73. The molecular weight excluding hydrogens is 488 g/mol. The van der Waals surface area contributed by atoms with E-state index in [1.54, 1.807) is 0 Å². The first-order chi connectivity index (χ1) is 15.8. The first-order valence-corrected chi connectivity index (χ1v) is 24.7. The Labute approximate surface area is 217 Å². The summed E-state index contributed by atoms with van der Waals surface area (Å²) in [6.45, 7) is 22.0. The van der Waals surface area contributed by atoms with Crippen molar-refractivity contribution in [2.24, 2.45) is 17.8 Å². The Morgan fingerprint density at radius 2 is 0.618 bits per heavy atom. The van der Waals surface area contributed by atoms with Gasteiger partial charge in [0.05, 0.1) is 0 Å². The normalized spacial score (nSPS) is 35.2. The van der Waals surface area contributed by atoms with Gasteiger partial charge in [0.2, 0.25) is 0 Å². The molecule has 0 heterocycles. The number of hydrogen-bond donors (Lipinski definition) is 0. The van der Waals surface area contributed by atoms with Crippen molar-refractivity contribution < 1.29 is 12.6 Å². The Balaban J connectivity index is 1.73. The maximum atomic E-state index is 7.14. The maximum absolute atomic E-state index is 7.14. The van der Waals surface area contributed by atoms with Crippen molar-refractivity contribution in [3.63, 3.8) is 0 Å². The lowest BCUT2D eigenvalue weighted by atomic mass is 9.90. The molecular formula is C27H57O3PSi3. The van der Waals surface area contributed by atoms with Gasteiger partial charge < -0.3 is 12.6 Å². The van der Waals surface area contributed by atoms with E-state index in [0.717, 1.165) is 34.4 Å². The van der Waals surface area contributed by atoms with Crippen LogP contribution in [0.3, 0.4) is 0 Å². The highest BCUT2D eigenvalue weighted by atomic mass is 31.2. The van der Waals surface area contributed by atoms with Gasteiger partial charge in [0.25, 0.3) is 8.60 Å². The van der Waals surface area contributed by atoms with Crippen molar-refractivity contribution in [3.05, 3.63) is 0 Å². The van der Waals surface area contributed by atoms with Crippen molar-refractivity contribution in [3.8, 4) is 0 Å². The van der Waals surface area contributed by atoms with Gasteiger partial charge in [-0.25, -0.2) is 0 Å². The van der Waals surface area contributed by atoms with Crippen LogP contribution in [0.15, 0.2) is 0 Å². The lowest BCUT2D eigenvalue weighted by Gasteiger charge is -2.44. The standard InChI is InChI=1S/C27H57O3PSi3/c1-22-10-16-25(17-11-22)32(4,5)28-31(29-33(6,7)26-18-12-23(2)13-19-26)30-34(8,9)27-20-14-24(3)15-21-27/h22-27H,10-21H2,1-9H3. The molecule has 3 fully saturated rings. The minimum Gasteiger partial charge on any atom is -0.355 e. The molecule has 0 saturated heterocycles. The second-order valence-electron chi connectivity index (χ2n) is 14.2. The fourth-order valence-corrected chi connectivity index (χ4v) is 19.7. The molecule has 0 N–H and O–H groups in total. The zero-order chi connectivity index (χ0) is 25.1. The highest BCUT2D eigenvalue weighted by molar-refractivity contribution is 7.47. The van der Waals surface area contributed by atoms with Gasteiger partial charge in [0.1, 0.15) is 0 Å². The second-order valence-corrected chi connectivity index (χ2v) is 28.9. The second kappa shape index (κ2) is 12.2. The molecule has 3 saturated carbocycles. The van der Waals surface area contributed by atoms with E-state index < -0.39 is 33.6 Å². The highest BCUT2D eigenvalue weighted by Gasteiger charge is 2.47. The van der Waals surface area contributed by atoms with Gasteiger partial charge in [-0.15, -0.1) is 0 Å². The van der Waals surface area contributed by atoms with Crippen LogP contribution >= 0.6 is 8.60 Å². The van der Waals surface area contributed by atoms with Crippen LogP contribution in [-0.4, -0.2) is 25.0 Å². The molecule has 3 aliphatic rings. The van der Waals surface area contributed by atoms with E-state index in [0.29, 0.717) is 0 Å².